The predicted molar refractivity (Wildman–Crippen MR) is 93.6 cm³/mol. The number of aromatic carboxylic acids is 1. The van der Waals surface area contributed by atoms with Gasteiger partial charge in [0.2, 0.25) is 0 Å². The van der Waals surface area contributed by atoms with Gasteiger partial charge in [0.15, 0.2) is 12.0 Å². The van der Waals surface area contributed by atoms with Crippen molar-refractivity contribution < 1.29 is 24.2 Å². The lowest BCUT2D eigenvalue weighted by Gasteiger charge is -2.11. The first-order valence-corrected chi connectivity index (χ1v) is 8.19. The van der Waals surface area contributed by atoms with Crippen LogP contribution in [0, 0.1) is 5.92 Å². The van der Waals surface area contributed by atoms with Gasteiger partial charge in [-0.2, -0.15) is 0 Å². The zero-order chi connectivity index (χ0) is 18.7. The van der Waals surface area contributed by atoms with Crippen LogP contribution in [0.5, 0.6) is 5.75 Å². The summed E-state index contributed by atoms with van der Waals surface area (Å²) in [7, 11) is 1.48. The number of benzene rings is 1. The summed E-state index contributed by atoms with van der Waals surface area (Å²) in [6.07, 6.45) is 2.82. The number of aromatic nitrogens is 1. The van der Waals surface area contributed by atoms with Crippen LogP contribution in [0.2, 0.25) is 0 Å². The summed E-state index contributed by atoms with van der Waals surface area (Å²) in [5.74, 6) is -0.707. The molecule has 0 saturated heterocycles. The molecule has 1 fully saturated rings. The van der Waals surface area contributed by atoms with Gasteiger partial charge in [-0.1, -0.05) is 0 Å². The van der Waals surface area contributed by atoms with E-state index in [9.17, 15) is 19.5 Å². The molecule has 1 aliphatic rings. The van der Waals surface area contributed by atoms with Crippen LogP contribution >= 0.6 is 0 Å². The number of ether oxygens (including phenoxy) is 1. The number of hydrogen-bond donors (Lipinski definition) is 2. The van der Waals surface area contributed by atoms with Gasteiger partial charge in [-0.25, -0.2) is 9.78 Å². The lowest BCUT2D eigenvalue weighted by Crippen LogP contribution is -2.27. The largest absolute Gasteiger partial charge is 0.497 e. The molecule has 0 spiro atoms. The second-order valence-electron chi connectivity index (χ2n) is 6.12. The maximum absolute atomic E-state index is 12.2. The minimum absolute atomic E-state index is 0.0300. The zero-order valence-electron chi connectivity index (χ0n) is 14.2. The molecule has 0 unspecified atom stereocenters. The third-order valence-electron chi connectivity index (χ3n) is 4.26. The molecule has 0 atom stereocenters. The normalized spacial score (nSPS) is 13.1. The first kappa shape index (κ1) is 17.6. The lowest BCUT2D eigenvalue weighted by molar-refractivity contribution is 0.0691. The quantitative estimate of drug-likeness (QED) is 0.740. The number of nitrogens with zero attached hydrogens (tertiary/aromatic N) is 1. The second-order valence-corrected chi connectivity index (χ2v) is 6.12. The Kier molecular flexibility index (Phi) is 4.97. The first-order chi connectivity index (χ1) is 12.5. The minimum atomic E-state index is -1.28. The van der Waals surface area contributed by atoms with Crippen molar-refractivity contribution in [1.29, 1.82) is 0 Å². The smallest absolute Gasteiger partial charge is 0.355 e. The van der Waals surface area contributed by atoms with E-state index in [0.717, 1.165) is 12.8 Å². The molecule has 1 saturated carbocycles. The molecule has 3 rings (SSSR count). The van der Waals surface area contributed by atoms with E-state index >= 15 is 0 Å². The van der Waals surface area contributed by atoms with Crippen LogP contribution in [0.4, 0.5) is 0 Å². The van der Waals surface area contributed by atoms with Crippen LogP contribution in [0.3, 0.4) is 0 Å². The zero-order valence-corrected chi connectivity index (χ0v) is 14.2. The van der Waals surface area contributed by atoms with Crippen molar-refractivity contribution in [2.24, 2.45) is 5.92 Å². The topological polar surface area (TPSA) is 106 Å². The van der Waals surface area contributed by atoms with Crippen LogP contribution in [0.1, 0.15) is 44.2 Å². The van der Waals surface area contributed by atoms with Crippen molar-refractivity contribution in [3.05, 3.63) is 47.3 Å². The average Bonchev–Trinajstić information content (AvgIpc) is 3.49. The van der Waals surface area contributed by atoms with Crippen molar-refractivity contribution in [3.63, 3.8) is 0 Å². The highest BCUT2D eigenvalue weighted by atomic mass is 16.5. The van der Waals surface area contributed by atoms with Gasteiger partial charge in [0.1, 0.15) is 11.4 Å². The molecule has 1 aromatic carbocycles. The fourth-order valence-electron chi connectivity index (χ4n) is 2.61. The number of amides is 1. The second kappa shape index (κ2) is 7.35. The summed E-state index contributed by atoms with van der Waals surface area (Å²) in [5, 5.41) is 12.3. The highest BCUT2D eigenvalue weighted by Crippen LogP contribution is 2.30. The molecule has 7 nitrogen and oxygen atoms in total. The number of rotatable bonds is 7. The standard InChI is InChI=1S/C19H18N2O5/c1-26-13-5-4-12(10-22)15(8-13)14-6-7-16(21-17(14)19(24)25)18(23)20-9-11-2-3-11/h4-8,10-11H,2-3,9H2,1H3,(H,20,23)(H,24,25). The third kappa shape index (κ3) is 3.72. The molecule has 2 aromatic rings. The fourth-order valence-corrected chi connectivity index (χ4v) is 2.61. The summed E-state index contributed by atoms with van der Waals surface area (Å²) < 4.78 is 5.15. The van der Waals surface area contributed by atoms with Gasteiger partial charge in [-0.3, -0.25) is 9.59 Å². The van der Waals surface area contributed by atoms with Crippen LogP contribution in [-0.2, 0) is 0 Å². The van der Waals surface area contributed by atoms with Crippen molar-refractivity contribution in [1.82, 2.24) is 10.3 Å². The van der Waals surface area contributed by atoms with Gasteiger partial charge >= 0.3 is 5.97 Å². The summed E-state index contributed by atoms with van der Waals surface area (Å²) in [5.41, 5.74) is 0.676. The SMILES string of the molecule is COc1ccc(C=O)c(-c2ccc(C(=O)NCC3CC3)nc2C(=O)O)c1. The van der Waals surface area contributed by atoms with E-state index in [0.29, 0.717) is 35.6 Å². The molecule has 0 radical (unpaired) electrons. The van der Waals surface area contributed by atoms with E-state index in [4.69, 9.17) is 4.74 Å². The Bertz CT molecular complexity index is 874. The Morgan fingerprint density at radius 3 is 2.65 bits per heavy atom. The predicted octanol–water partition coefficient (Wildman–Crippen LogP) is 2.41. The maximum Gasteiger partial charge on any atom is 0.355 e. The molecule has 1 aliphatic carbocycles. The van der Waals surface area contributed by atoms with Gasteiger partial charge in [-0.15, -0.1) is 0 Å². The van der Waals surface area contributed by atoms with Crippen molar-refractivity contribution in [3.8, 4) is 16.9 Å². The third-order valence-corrected chi connectivity index (χ3v) is 4.26. The van der Waals surface area contributed by atoms with E-state index in [1.165, 1.54) is 19.2 Å². The maximum atomic E-state index is 12.2. The van der Waals surface area contributed by atoms with E-state index in [1.54, 1.807) is 18.2 Å². The molecule has 0 aliphatic heterocycles. The molecular weight excluding hydrogens is 336 g/mol. The number of aldehydes is 1. The van der Waals surface area contributed by atoms with Crippen LogP contribution in [0.15, 0.2) is 30.3 Å². The summed E-state index contributed by atoms with van der Waals surface area (Å²) in [6, 6.07) is 7.67. The first-order valence-electron chi connectivity index (χ1n) is 8.19. The number of methoxy groups -OCH3 is 1. The number of carbonyl (C=O) groups is 3. The Morgan fingerprint density at radius 1 is 1.27 bits per heavy atom. The van der Waals surface area contributed by atoms with Gasteiger partial charge in [0.05, 0.1) is 7.11 Å². The summed E-state index contributed by atoms with van der Waals surface area (Å²) in [6.45, 7) is 0.565. The molecule has 1 heterocycles. The van der Waals surface area contributed by atoms with Gasteiger partial charge in [0, 0.05) is 17.7 Å². The van der Waals surface area contributed by atoms with Gasteiger partial charge in [0.25, 0.3) is 5.91 Å². The Labute approximate surface area is 150 Å². The molecule has 1 aromatic heterocycles. The van der Waals surface area contributed by atoms with E-state index in [1.807, 2.05) is 0 Å². The molecule has 2 N–H and O–H groups in total. The number of pyridine rings is 1. The number of nitrogens with one attached hydrogen (secondary N) is 1. The average molecular weight is 354 g/mol. The van der Waals surface area contributed by atoms with Crippen molar-refractivity contribution >= 4 is 18.2 Å². The minimum Gasteiger partial charge on any atom is -0.497 e. The molecule has 7 heteroatoms. The monoisotopic (exact) mass is 354 g/mol. The summed E-state index contributed by atoms with van der Waals surface area (Å²) >= 11 is 0. The number of hydrogen-bond acceptors (Lipinski definition) is 5. The molecular formula is C19H18N2O5. The lowest BCUT2D eigenvalue weighted by atomic mass is 9.98. The number of carbonyl (C=O) groups excluding carboxylic acids is 2. The molecule has 134 valence electrons. The highest BCUT2D eigenvalue weighted by Gasteiger charge is 2.23. The molecule has 26 heavy (non-hydrogen) atoms. The van der Waals surface area contributed by atoms with Crippen LogP contribution in [-0.4, -0.2) is 41.9 Å². The van der Waals surface area contributed by atoms with Crippen LogP contribution < -0.4 is 10.1 Å². The van der Waals surface area contributed by atoms with Gasteiger partial charge in [-0.05, 0) is 54.7 Å². The van der Waals surface area contributed by atoms with Crippen molar-refractivity contribution in [2.45, 2.75) is 12.8 Å². The number of carboxylic acids is 1. The Morgan fingerprint density at radius 2 is 2.04 bits per heavy atom. The molecule has 0 bridgehead atoms. The summed E-state index contributed by atoms with van der Waals surface area (Å²) in [4.78, 5) is 39.2. The van der Waals surface area contributed by atoms with E-state index < -0.39 is 11.9 Å². The van der Waals surface area contributed by atoms with Crippen LogP contribution in [0.25, 0.3) is 11.1 Å². The Hall–Kier alpha value is -3.22. The van der Waals surface area contributed by atoms with Crippen molar-refractivity contribution in [2.75, 3.05) is 13.7 Å². The fraction of sp³-hybridized carbons (Fsp3) is 0.263. The van der Waals surface area contributed by atoms with E-state index in [2.05, 4.69) is 10.3 Å². The van der Waals surface area contributed by atoms with Gasteiger partial charge < -0.3 is 15.2 Å². The molecule has 1 amide bonds. The highest BCUT2D eigenvalue weighted by molar-refractivity contribution is 6.00. The Balaban J connectivity index is 2.00. The van der Waals surface area contributed by atoms with E-state index in [-0.39, 0.29) is 17.0 Å². The number of carboxylic acid groups (broad SMARTS) is 1.